The van der Waals surface area contributed by atoms with Gasteiger partial charge in [-0.3, -0.25) is 9.78 Å². The molecule has 2 atom stereocenters. The summed E-state index contributed by atoms with van der Waals surface area (Å²) in [6, 6.07) is 10.6. The van der Waals surface area contributed by atoms with E-state index in [1.807, 2.05) is 24.3 Å². The Hall–Kier alpha value is -2.60. The number of carbonyl (C=O) groups excluding carboxylic acids is 2. The van der Waals surface area contributed by atoms with Crippen molar-refractivity contribution in [2.75, 3.05) is 6.54 Å². The van der Waals surface area contributed by atoms with Crippen LogP contribution in [0.1, 0.15) is 42.1 Å². The summed E-state index contributed by atoms with van der Waals surface area (Å²) in [5.41, 5.74) is 3.10. The van der Waals surface area contributed by atoms with Gasteiger partial charge in [0.05, 0.1) is 6.04 Å². The van der Waals surface area contributed by atoms with Crippen LogP contribution in [0.15, 0.2) is 42.6 Å². The lowest BCUT2D eigenvalue weighted by atomic mass is 10.1. The molecule has 1 aromatic carbocycles. The molecule has 6 nitrogen and oxygen atoms in total. The summed E-state index contributed by atoms with van der Waals surface area (Å²) in [6.07, 6.45) is 5.01. The minimum atomic E-state index is -0.429. The molecule has 1 saturated heterocycles. The molecule has 0 spiro atoms. The van der Waals surface area contributed by atoms with Crippen molar-refractivity contribution in [2.45, 2.75) is 44.3 Å². The Labute approximate surface area is 169 Å². The van der Waals surface area contributed by atoms with Gasteiger partial charge in [0.1, 0.15) is 6.04 Å². The van der Waals surface area contributed by atoms with E-state index in [9.17, 15) is 9.59 Å². The fraction of sp³-hybridized carbons (Fsp3) is 0.381. The van der Waals surface area contributed by atoms with Gasteiger partial charge in [-0.05, 0) is 55.0 Å². The van der Waals surface area contributed by atoms with Gasteiger partial charge in [-0.1, -0.05) is 29.8 Å². The molecule has 2 N–H and O–H groups in total. The zero-order chi connectivity index (χ0) is 19.5. The first kappa shape index (κ1) is 18.7. The highest BCUT2D eigenvalue weighted by atomic mass is 35.5. The summed E-state index contributed by atoms with van der Waals surface area (Å²) >= 11 is 5.89. The second-order valence-corrected chi connectivity index (χ2v) is 7.71. The predicted molar refractivity (Wildman–Crippen MR) is 107 cm³/mol. The molecule has 28 heavy (non-hydrogen) atoms. The maximum Gasteiger partial charge on any atom is 0.318 e. The van der Waals surface area contributed by atoms with Gasteiger partial charge >= 0.3 is 6.03 Å². The van der Waals surface area contributed by atoms with Crippen molar-refractivity contribution >= 4 is 23.5 Å². The van der Waals surface area contributed by atoms with Crippen LogP contribution in [-0.2, 0) is 17.8 Å². The Balaban J connectivity index is 1.35. The number of aryl methyl sites for hydroxylation is 1. The average molecular weight is 399 g/mol. The number of benzene rings is 1. The molecule has 0 radical (unpaired) electrons. The number of rotatable bonds is 4. The molecular weight excluding hydrogens is 376 g/mol. The number of halogens is 1. The SMILES string of the molecule is O=C(NCc1ccc(Cl)cc1)C1CCCN1C(=O)NC1CCc2ncccc21. The molecule has 4 rings (SSSR count). The van der Waals surface area contributed by atoms with Crippen LogP contribution >= 0.6 is 11.6 Å². The van der Waals surface area contributed by atoms with Crippen LogP contribution in [0.3, 0.4) is 0 Å². The zero-order valence-corrected chi connectivity index (χ0v) is 16.3. The number of nitrogens with one attached hydrogen (secondary N) is 2. The molecular formula is C21H23ClN4O2. The average Bonchev–Trinajstić information content (AvgIpc) is 3.35. The van der Waals surface area contributed by atoms with Gasteiger partial charge < -0.3 is 15.5 Å². The number of hydrogen-bond donors (Lipinski definition) is 2. The second kappa shape index (κ2) is 8.19. The highest BCUT2D eigenvalue weighted by molar-refractivity contribution is 6.30. The summed E-state index contributed by atoms with van der Waals surface area (Å²) in [5.74, 6) is -0.115. The Morgan fingerprint density at radius 1 is 1.18 bits per heavy atom. The van der Waals surface area contributed by atoms with Crippen LogP contribution in [-0.4, -0.2) is 34.4 Å². The third kappa shape index (κ3) is 3.97. The highest BCUT2D eigenvalue weighted by Gasteiger charge is 2.35. The van der Waals surface area contributed by atoms with Crippen molar-refractivity contribution in [1.82, 2.24) is 20.5 Å². The number of hydrogen-bond acceptors (Lipinski definition) is 3. The van der Waals surface area contributed by atoms with Crippen molar-refractivity contribution in [3.8, 4) is 0 Å². The quantitative estimate of drug-likeness (QED) is 0.830. The molecule has 2 heterocycles. The van der Waals surface area contributed by atoms with Crippen LogP contribution < -0.4 is 10.6 Å². The molecule has 2 aromatic rings. The van der Waals surface area contributed by atoms with Gasteiger partial charge in [-0.2, -0.15) is 0 Å². The molecule has 0 saturated carbocycles. The Morgan fingerprint density at radius 3 is 2.82 bits per heavy atom. The van der Waals surface area contributed by atoms with Crippen molar-refractivity contribution in [2.24, 2.45) is 0 Å². The normalized spacial score (nSPS) is 20.7. The van der Waals surface area contributed by atoms with Gasteiger partial charge in [0.15, 0.2) is 0 Å². The van der Waals surface area contributed by atoms with Crippen molar-refractivity contribution in [3.05, 3.63) is 64.4 Å². The molecule has 7 heteroatoms. The van der Waals surface area contributed by atoms with E-state index in [1.54, 1.807) is 23.2 Å². The molecule has 1 aromatic heterocycles. The van der Waals surface area contributed by atoms with E-state index >= 15 is 0 Å². The number of urea groups is 1. The Kier molecular flexibility index (Phi) is 5.48. The second-order valence-electron chi connectivity index (χ2n) is 7.28. The zero-order valence-electron chi connectivity index (χ0n) is 15.5. The number of amides is 3. The third-order valence-electron chi connectivity index (χ3n) is 5.46. The molecule has 2 aliphatic rings. The molecule has 2 unspecified atom stereocenters. The van der Waals surface area contributed by atoms with E-state index < -0.39 is 6.04 Å². The van der Waals surface area contributed by atoms with E-state index in [0.29, 0.717) is 24.5 Å². The van der Waals surface area contributed by atoms with Gasteiger partial charge in [0.25, 0.3) is 0 Å². The Bertz CT molecular complexity index is 871. The maximum atomic E-state index is 12.8. The van der Waals surface area contributed by atoms with Crippen molar-refractivity contribution in [3.63, 3.8) is 0 Å². The first-order valence-corrected chi connectivity index (χ1v) is 10.0. The number of nitrogens with zero attached hydrogens (tertiary/aromatic N) is 2. The minimum absolute atomic E-state index is 0.0328. The smallest absolute Gasteiger partial charge is 0.318 e. The number of aromatic nitrogens is 1. The van der Waals surface area contributed by atoms with E-state index in [-0.39, 0.29) is 18.0 Å². The lowest BCUT2D eigenvalue weighted by Crippen LogP contribution is -2.49. The lowest BCUT2D eigenvalue weighted by Gasteiger charge is -2.26. The fourth-order valence-corrected chi connectivity index (χ4v) is 4.11. The maximum absolute atomic E-state index is 12.8. The van der Waals surface area contributed by atoms with Crippen LogP contribution in [0.2, 0.25) is 5.02 Å². The first-order valence-electron chi connectivity index (χ1n) is 9.65. The van der Waals surface area contributed by atoms with Crippen molar-refractivity contribution < 1.29 is 9.59 Å². The Morgan fingerprint density at radius 2 is 2.00 bits per heavy atom. The van der Waals surface area contributed by atoms with Gasteiger partial charge in [0.2, 0.25) is 5.91 Å². The third-order valence-corrected chi connectivity index (χ3v) is 5.72. The number of pyridine rings is 1. The molecule has 1 fully saturated rings. The highest BCUT2D eigenvalue weighted by Crippen LogP contribution is 2.30. The first-order chi connectivity index (χ1) is 13.6. The molecule has 1 aliphatic carbocycles. The molecule has 3 amide bonds. The van der Waals surface area contributed by atoms with Gasteiger partial charge in [-0.25, -0.2) is 4.79 Å². The van der Waals surface area contributed by atoms with E-state index in [2.05, 4.69) is 15.6 Å². The van der Waals surface area contributed by atoms with Crippen LogP contribution in [0.5, 0.6) is 0 Å². The predicted octanol–water partition coefficient (Wildman–Crippen LogP) is 3.21. The van der Waals surface area contributed by atoms with Crippen LogP contribution in [0.4, 0.5) is 4.79 Å². The van der Waals surface area contributed by atoms with Gasteiger partial charge in [0, 0.05) is 30.0 Å². The van der Waals surface area contributed by atoms with E-state index in [1.165, 1.54) is 0 Å². The summed E-state index contributed by atoms with van der Waals surface area (Å²) < 4.78 is 0. The fourth-order valence-electron chi connectivity index (χ4n) is 3.99. The van der Waals surface area contributed by atoms with Crippen molar-refractivity contribution in [1.29, 1.82) is 0 Å². The standard InChI is InChI=1S/C21H23ClN4O2/c22-15-7-5-14(6-8-15)13-24-20(27)19-4-2-12-26(19)21(28)25-18-10-9-17-16(18)3-1-11-23-17/h1,3,5-8,11,18-19H,2,4,9-10,12-13H2,(H,24,27)(H,25,28). The number of carbonyl (C=O) groups is 2. The summed E-state index contributed by atoms with van der Waals surface area (Å²) in [7, 11) is 0. The monoisotopic (exact) mass is 398 g/mol. The largest absolute Gasteiger partial charge is 0.350 e. The summed E-state index contributed by atoms with van der Waals surface area (Å²) in [5, 5.41) is 6.70. The molecule has 146 valence electrons. The molecule has 0 bridgehead atoms. The van der Waals surface area contributed by atoms with E-state index in [0.717, 1.165) is 36.1 Å². The van der Waals surface area contributed by atoms with E-state index in [4.69, 9.17) is 11.6 Å². The van der Waals surface area contributed by atoms with Crippen LogP contribution in [0.25, 0.3) is 0 Å². The lowest BCUT2D eigenvalue weighted by molar-refractivity contribution is -0.124. The number of likely N-dealkylation sites (tertiary alicyclic amines) is 1. The topological polar surface area (TPSA) is 74.3 Å². The summed E-state index contributed by atoms with van der Waals surface area (Å²) in [4.78, 5) is 31.5. The number of fused-ring (bicyclic) bond motifs is 1. The van der Waals surface area contributed by atoms with Crippen LogP contribution in [0, 0.1) is 0 Å². The van der Waals surface area contributed by atoms with Gasteiger partial charge in [-0.15, -0.1) is 0 Å². The summed E-state index contributed by atoms with van der Waals surface area (Å²) in [6.45, 7) is 1.01. The molecule has 1 aliphatic heterocycles. The minimum Gasteiger partial charge on any atom is -0.350 e.